The fourth-order valence-corrected chi connectivity index (χ4v) is 4.55. The quantitative estimate of drug-likeness (QED) is 0.240. The number of alkyl halides is 2. The number of rotatable bonds is 7. The maximum Gasteiger partial charge on any atom is 0.263 e. The van der Waals surface area contributed by atoms with E-state index in [1.165, 1.54) is 12.1 Å². The topological polar surface area (TPSA) is 89.8 Å². The van der Waals surface area contributed by atoms with Gasteiger partial charge in [-0.05, 0) is 47.4 Å². The fourth-order valence-electron chi connectivity index (χ4n) is 4.46. The summed E-state index contributed by atoms with van der Waals surface area (Å²) in [5.41, 5.74) is 7.56. The zero-order valence-electron chi connectivity index (χ0n) is 19.3. The first-order valence-corrected chi connectivity index (χ1v) is 11.9. The third kappa shape index (κ3) is 5.11. The van der Waals surface area contributed by atoms with Gasteiger partial charge >= 0.3 is 0 Å². The summed E-state index contributed by atoms with van der Waals surface area (Å²) in [6, 6.07) is 17.9. The van der Waals surface area contributed by atoms with Crippen molar-refractivity contribution in [2.75, 3.05) is 13.2 Å². The number of benzene rings is 3. The molecule has 0 aliphatic carbocycles. The minimum atomic E-state index is -2.48. The molecule has 1 fully saturated rings. The summed E-state index contributed by atoms with van der Waals surface area (Å²) in [4.78, 5) is 6.46. The van der Waals surface area contributed by atoms with E-state index in [9.17, 15) is 8.78 Å². The molecule has 0 spiro atoms. The molecular formula is C26H24ClF2N5O2. The van der Waals surface area contributed by atoms with Crippen molar-refractivity contribution in [3.63, 3.8) is 0 Å². The van der Waals surface area contributed by atoms with Crippen LogP contribution in [-0.2, 0) is 6.42 Å². The summed E-state index contributed by atoms with van der Waals surface area (Å²) in [5.74, 6) is 1.92. The molecule has 5 rings (SSSR count). The molecule has 36 heavy (non-hydrogen) atoms. The summed E-state index contributed by atoms with van der Waals surface area (Å²) in [7, 11) is 0. The molecular weight excluding hydrogens is 488 g/mol. The van der Waals surface area contributed by atoms with Crippen molar-refractivity contribution in [3.05, 3.63) is 77.7 Å². The summed E-state index contributed by atoms with van der Waals surface area (Å²) in [5, 5.41) is 6.15. The number of halogens is 3. The van der Waals surface area contributed by atoms with E-state index in [1.54, 1.807) is 6.07 Å². The van der Waals surface area contributed by atoms with Gasteiger partial charge in [-0.1, -0.05) is 47.6 Å². The van der Waals surface area contributed by atoms with Gasteiger partial charge in [0.2, 0.25) is 17.7 Å². The standard InChI is InChI=1S/C26H24ClF2N5O2/c27-32-26(30)34-11-2-5-22(34)25-31-24(33-36-25)20-7-6-18-15-21(9-8-17(18)14-20)35-12-10-16-3-1-4-19(13-16)23(28)29/h1,3-4,6-9,13-15,22-23H,2,5,10-12H2,(H2,30,32)/t22-/m0/s1. The van der Waals surface area contributed by atoms with Gasteiger partial charge in [-0.15, -0.1) is 4.51 Å². The lowest BCUT2D eigenvalue weighted by atomic mass is 10.1. The van der Waals surface area contributed by atoms with Crippen molar-refractivity contribution in [2.24, 2.45) is 10.2 Å². The van der Waals surface area contributed by atoms with Crippen LogP contribution in [0.5, 0.6) is 5.75 Å². The smallest absolute Gasteiger partial charge is 0.263 e. The first-order valence-electron chi connectivity index (χ1n) is 11.6. The molecule has 0 unspecified atom stereocenters. The van der Waals surface area contributed by atoms with Gasteiger partial charge in [0.1, 0.15) is 11.8 Å². The lowest BCUT2D eigenvalue weighted by molar-refractivity contribution is 0.151. The fraction of sp³-hybridized carbons (Fsp3) is 0.269. The van der Waals surface area contributed by atoms with Crippen LogP contribution < -0.4 is 10.5 Å². The molecule has 1 aliphatic rings. The Morgan fingerprint density at radius 3 is 2.83 bits per heavy atom. The lowest BCUT2D eigenvalue weighted by Gasteiger charge is -2.21. The van der Waals surface area contributed by atoms with Crippen molar-refractivity contribution in [1.29, 1.82) is 0 Å². The summed E-state index contributed by atoms with van der Waals surface area (Å²) >= 11 is 5.55. The van der Waals surface area contributed by atoms with Gasteiger partial charge in [0.25, 0.3) is 6.43 Å². The summed E-state index contributed by atoms with van der Waals surface area (Å²) < 4.78 is 40.8. The molecule has 0 saturated carbocycles. The van der Waals surface area contributed by atoms with Gasteiger partial charge in [0.15, 0.2) is 0 Å². The number of aromatic nitrogens is 2. The highest BCUT2D eigenvalue weighted by Gasteiger charge is 2.32. The van der Waals surface area contributed by atoms with Crippen molar-refractivity contribution in [1.82, 2.24) is 15.0 Å². The van der Waals surface area contributed by atoms with Gasteiger partial charge in [0.05, 0.1) is 6.61 Å². The maximum atomic E-state index is 12.9. The molecule has 7 nitrogen and oxygen atoms in total. The van der Waals surface area contributed by atoms with Crippen molar-refractivity contribution in [2.45, 2.75) is 31.7 Å². The van der Waals surface area contributed by atoms with Gasteiger partial charge < -0.3 is 19.9 Å². The van der Waals surface area contributed by atoms with Gasteiger partial charge in [0, 0.05) is 35.9 Å². The van der Waals surface area contributed by atoms with E-state index < -0.39 is 6.43 Å². The Kier molecular flexibility index (Phi) is 6.99. The Labute approximate surface area is 211 Å². The van der Waals surface area contributed by atoms with Crippen molar-refractivity contribution in [3.8, 4) is 17.1 Å². The molecule has 3 aromatic carbocycles. The van der Waals surface area contributed by atoms with E-state index in [-0.39, 0.29) is 17.6 Å². The molecule has 0 bridgehead atoms. The van der Waals surface area contributed by atoms with Crippen LogP contribution in [0.15, 0.2) is 69.7 Å². The predicted octanol–water partition coefficient (Wildman–Crippen LogP) is 6.05. The zero-order valence-corrected chi connectivity index (χ0v) is 20.0. The Hall–Kier alpha value is -3.72. The molecule has 10 heteroatoms. The Morgan fingerprint density at radius 2 is 2.00 bits per heavy atom. The number of nitrogens with zero attached hydrogens (tertiary/aromatic N) is 4. The summed E-state index contributed by atoms with van der Waals surface area (Å²) in [6.45, 7) is 1.12. The molecule has 1 atom stereocenters. The first kappa shape index (κ1) is 24.0. The second-order valence-corrected chi connectivity index (χ2v) is 8.79. The normalized spacial score (nSPS) is 16.3. The zero-order chi connectivity index (χ0) is 25.1. The summed E-state index contributed by atoms with van der Waals surface area (Å²) in [6.07, 6.45) is -0.180. The van der Waals surface area contributed by atoms with Crippen LogP contribution in [0.1, 0.15) is 42.3 Å². The first-order chi connectivity index (χ1) is 17.5. The van der Waals surface area contributed by atoms with E-state index in [2.05, 4.69) is 14.7 Å². The Morgan fingerprint density at radius 1 is 1.17 bits per heavy atom. The number of ether oxygens (including phenoxy) is 1. The highest BCUT2D eigenvalue weighted by molar-refractivity contribution is 6.19. The van der Waals surface area contributed by atoms with Crippen LogP contribution in [0.2, 0.25) is 0 Å². The molecule has 2 N–H and O–H groups in total. The van der Waals surface area contributed by atoms with Crippen LogP contribution in [0, 0.1) is 0 Å². The number of guanidine groups is 1. The van der Waals surface area contributed by atoms with E-state index in [0.717, 1.165) is 41.3 Å². The second kappa shape index (κ2) is 10.5. The molecule has 2 heterocycles. The SMILES string of the molecule is NC(=NCl)N1CCC[C@H]1c1nc(-c2ccc3cc(OCCc4cccc(C(F)F)c4)ccc3c2)no1. The van der Waals surface area contributed by atoms with Gasteiger partial charge in [-0.25, -0.2) is 8.78 Å². The molecule has 0 radical (unpaired) electrons. The van der Waals surface area contributed by atoms with Crippen LogP contribution >= 0.6 is 11.8 Å². The van der Waals surface area contributed by atoms with Crippen molar-refractivity contribution < 1.29 is 18.0 Å². The lowest BCUT2D eigenvalue weighted by Crippen LogP contribution is -2.36. The van der Waals surface area contributed by atoms with E-state index in [4.69, 9.17) is 26.8 Å². The molecule has 4 aromatic rings. The molecule has 186 valence electrons. The van der Waals surface area contributed by atoms with E-state index in [1.807, 2.05) is 47.4 Å². The Bertz CT molecular complexity index is 1390. The molecule has 1 aromatic heterocycles. The monoisotopic (exact) mass is 511 g/mol. The number of fused-ring (bicyclic) bond motifs is 1. The van der Waals surface area contributed by atoms with Crippen LogP contribution in [-0.4, -0.2) is 34.2 Å². The van der Waals surface area contributed by atoms with Crippen molar-refractivity contribution >= 4 is 28.5 Å². The number of nitrogens with two attached hydrogens (primary N) is 1. The molecule has 1 aliphatic heterocycles. The van der Waals surface area contributed by atoms with Gasteiger partial charge in [-0.3, -0.25) is 0 Å². The maximum absolute atomic E-state index is 12.9. The number of hydrogen-bond donors (Lipinski definition) is 1. The number of hydrogen-bond acceptors (Lipinski definition) is 5. The third-order valence-corrected chi connectivity index (χ3v) is 6.47. The average Bonchev–Trinajstić information content (AvgIpc) is 3.58. The highest BCUT2D eigenvalue weighted by atomic mass is 35.5. The average molecular weight is 512 g/mol. The van der Waals surface area contributed by atoms with E-state index in [0.29, 0.717) is 30.5 Å². The minimum Gasteiger partial charge on any atom is -0.493 e. The highest BCUT2D eigenvalue weighted by Crippen LogP contribution is 2.32. The van der Waals surface area contributed by atoms with Crippen LogP contribution in [0.4, 0.5) is 8.78 Å². The van der Waals surface area contributed by atoms with E-state index >= 15 is 0 Å². The molecule has 1 saturated heterocycles. The largest absolute Gasteiger partial charge is 0.493 e. The van der Waals surface area contributed by atoms with Gasteiger partial charge in [-0.2, -0.15) is 4.98 Å². The van der Waals surface area contributed by atoms with Crippen LogP contribution in [0.25, 0.3) is 22.2 Å². The second-order valence-electron chi connectivity index (χ2n) is 8.62. The van der Waals surface area contributed by atoms with Crippen LogP contribution in [0.3, 0.4) is 0 Å². The third-order valence-electron chi connectivity index (χ3n) is 6.29. The minimum absolute atomic E-state index is 0.0246. The Balaban J connectivity index is 1.26. The molecule has 0 amide bonds. The number of likely N-dealkylation sites (tertiary alicyclic amines) is 1. The predicted molar refractivity (Wildman–Crippen MR) is 134 cm³/mol.